The predicted molar refractivity (Wildman–Crippen MR) is 85.9 cm³/mol. The lowest BCUT2D eigenvalue weighted by Crippen LogP contribution is -2.62. The average molecular weight is 336 g/mol. The molecule has 2 saturated heterocycles. The third kappa shape index (κ3) is 3.24. The zero-order valence-electron chi connectivity index (χ0n) is 12.7. The molecule has 3 N–H and O–H groups in total. The van der Waals surface area contributed by atoms with E-state index in [-0.39, 0.29) is 17.1 Å². The molecule has 0 spiro atoms. The van der Waals surface area contributed by atoms with E-state index in [1.807, 2.05) is 30.3 Å². The highest BCUT2D eigenvalue weighted by Gasteiger charge is 2.52. The van der Waals surface area contributed by atoms with E-state index in [9.17, 15) is 13.8 Å². The molecular formula is C16H20N2O4S. The number of ether oxygens (including phenoxy) is 1. The average Bonchev–Trinajstić information content (AvgIpc) is 2.75. The van der Waals surface area contributed by atoms with Gasteiger partial charge in [0.05, 0.1) is 0 Å². The maximum Gasteiger partial charge on any atom is 0.408 e. The smallest absolute Gasteiger partial charge is 0.408 e. The molecule has 2 amide bonds. The van der Waals surface area contributed by atoms with Gasteiger partial charge in [-0.15, -0.1) is 0 Å². The number of benzene rings is 1. The number of hydrogen-bond acceptors (Lipinski definition) is 4. The molecule has 23 heavy (non-hydrogen) atoms. The van der Waals surface area contributed by atoms with Crippen molar-refractivity contribution >= 4 is 22.8 Å². The van der Waals surface area contributed by atoms with Crippen molar-refractivity contribution in [1.29, 1.82) is 0 Å². The predicted octanol–water partition coefficient (Wildman–Crippen LogP) is 1.21. The van der Waals surface area contributed by atoms with E-state index in [2.05, 4.69) is 5.32 Å². The monoisotopic (exact) mass is 336 g/mol. The number of rotatable bonds is 4. The van der Waals surface area contributed by atoms with Crippen LogP contribution in [0.3, 0.4) is 0 Å². The summed E-state index contributed by atoms with van der Waals surface area (Å²) < 4.78 is 17.3. The number of carbonyl (C=O) groups excluding carboxylic acids is 2. The minimum atomic E-state index is -1.15. The number of nitrogens with one attached hydrogen (secondary N) is 1. The molecule has 2 aliphatic heterocycles. The molecule has 2 unspecified atom stereocenters. The Labute approximate surface area is 137 Å². The number of hydrogen-bond donors (Lipinski definition) is 2. The van der Waals surface area contributed by atoms with Crippen molar-refractivity contribution in [2.45, 2.75) is 48.3 Å². The van der Waals surface area contributed by atoms with Gasteiger partial charge in [0.1, 0.15) is 12.1 Å². The van der Waals surface area contributed by atoms with E-state index in [1.165, 1.54) is 0 Å². The van der Waals surface area contributed by atoms with E-state index >= 15 is 0 Å². The Bertz CT molecular complexity index is 618. The normalized spacial score (nSPS) is 32.3. The highest BCUT2D eigenvalue weighted by molar-refractivity contribution is 7.86. The van der Waals surface area contributed by atoms with Gasteiger partial charge < -0.3 is 15.8 Å². The van der Waals surface area contributed by atoms with Gasteiger partial charge in [-0.25, -0.2) is 4.79 Å². The number of fused-ring (bicyclic) bond motifs is 2. The summed E-state index contributed by atoms with van der Waals surface area (Å²) in [5.74, 6) is -0.581. The zero-order chi connectivity index (χ0) is 16.4. The van der Waals surface area contributed by atoms with Crippen molar-refractivity contribution in [2.24, 2.45) is 5.73 Å². The number of alkyl carbamates (subject to hydrolysis) is 1. The fraction of sp³-hybridized carbons (Fsp3) is 0.500. The highest BCUT2D eigenvalue weighted by atomic mass is 32.2. The number of amides is 2. The van der Waals surface area contributed by atoms with Crippen LogP contribution in [0.5, 0.6) is 0 Å². The molecule has 1 aromatic carbocycles. The maximum absolute atomic E-state index is 12.1. The van der Waals surface area contributed by atoms with Crippen molar-refractivity contribution in [3.05, 3.63) is 35.9 Å². The third-order valence-electron chi connectivity index (χ3n) is 4.65. The van der Waals surface area contributed by atoms with Gasteiger partial charge in [-0.3, -0.25) is 9.00 Å². The molecule has 2 aliphatic rings. The molecule has 6 nitrogen and oxygen atoms in total. The van der Waals surface area contributed by atoms with Crippen molar-refractivity contribution in [1.82, 2.24) is 5.32 Å². The van der Waals surface area contributed by atoms with Gasteiger partial charge in [-0.05, 0) is 31.2 Å². The highest BCUT2D eigenvalue weighted by Crippen LogP contribution is 2.40. The van der Waals surface area contributed by atoms with Crippen LogP contribution in [0.2, 0.25) is 0 Å². The van der Waals surface area contributed by atoms with Crippen LogP contribution < -0.4 is 11.1 Å². The van der Waals surface area contributed by atoms with Gasteiger partial charge in [0.25, 0.3) is 0 Å². The molecule has 124 valence electrons. The Kier molecular flexibility index (Phi) is 4.39. The van der Waals surface area contributed by atoms with Gasteiger partial charge in [0.15, 0.2) is 0 Å². The molecule has 2 fully saturated rings. The number of primary amides is 1. The standard InChI is InChI=1S/C16H20N2O4S/c17-14(19)16(8-12-6-7-13(9-16)23(12)21)18-15(20)22-10-11-4-2-1-3-5-11/h1-5,12-13H,6-10H2,(H2,17,19)(H,18,20). The molecule has 0 aliphatic carbocycles. The molecule has 1 aromatic rings. The number of nitrogens with two attached hydrogens (primary N) is 1. The fourth-order valence-electron chi connectivity index (χ4n) is 3.42. The summed E-state index contributed by atoms with van der Waals surface area (Å²) in [5.41, 5.74) is 5.26. The SMILES string of the molecule is NC(=O)C1(NC(=O)OCc2ccccc2)CC2CCC(C1)S2=O. The van der Waals surface area contributed by atoms with Crippen LogP contribution in [-0.2, 0) is 26.9 Å². The summed E-state index contributed by atoms with van der Waals surface area (Å²) >= 11 is 0. The summed E-state index contributed by atoms with van der Waals surface area (Å²) in [7, 11) is -0.930. The lowest BCUT2D eigenvalue weighted by Gasteiger charge is -2.37. The van der Waals surface area contributed by atoms with Gasteiger partial charge in [0, 0.05) is 21.3 Å². The minimum Gasteiger partial charge on any atom is -0.445 e. The first-order valence-electron chi connectivity index (χ1n) is 7.68. The summed E-state index contributed by atoms with van der Waals surface area (Å²) in [6.45, 7) is 0.125. The summed E-state index contributed by atoms with van der Waals surface area (Å²) in [4.78, 5) is 24.1. The molecule has 0 saturated carbocycles. The van der Waals surface area contributed by atoms with Gasteiger partial charge in [-0.2, -0.15) is 0 Å². The molecule has 2 heterocycles. The Morgan fingerprint density at radius 3 is 2.39 bits per heavy atom. The summed E-state index contributed by atoms with van der Waals surface area (Å²) in [6, 6.07) is 9.29. The van der Waals surface area contributed by atoms with E-state index in [4.69, 9.17) is 10.5 Å². The first-order valence-corrected chi connectivity index (χ1v) is 8.96. The Morgan fingerprint density at radius 2 is 1.83 bits per heavy atom. The van der Waals surface area contributed by atoms with E-state index < -0.39 is 28.3 Å². The fourth-order valence-corrected chi connectivity index (χ4v) is 5.60. The third-order valence-corrected chi connectivity index (χ3v) is 6.76. The molecular weight excluding hydrogens is 316 g/mol. The first kappa shape index (κ1) is 16.0. The second kappa shape index (κ2) is 6.31. The molecule has 7 heteroatoms. The van der Waals surface area contributed by atoms with E-state index in [0.29, 0.717) is 12.8 Å². The van der Waals surface area contributed by atoms with E-state index in [0.717, 1.165) is 18.4 Å². The number of carbonyl (C=O) groups is 2. The lowest BCUT2D eigenvalue weighted by molar-refractivity contribution is -0.124. The van der Waals surface area contributed by atoms with E-state index in [1.54, 1.807) is 0 Å². The molecule has 3 rings (SSSR count). The summed E-state index contributed by atoms with van der Waals surface area (Å²) in [5, 5.41) is 2.51. The largest absolute Gasteiger partial charge is 0.445 e. The van der Waals surface area contributed by atoms with Crippen LogP contribution in [0.15, 0.2) is 30.3 Å². The van der Waals surface area contributed by atoms with Crippen molar-refractivity contribution in [3.63, 3.8) is 0 Å². The van der Waals surface area contributed by atoms with Gasteiger partial charge >= 0.3 is 6.09 Å². The van der Waals surface area contributed by atoms with Crippen molar-refractivity contribution in [3.8, 4) is 0 Å². The van der Waals surface area contributed by atoms with Crippen LogP contribution in [-0.4, -0.2) is 32.2 Å². The van der Waals surface area contributed by atoms with Crippen LogP contribution in [0.25, 0.3) is 0 Å². The van der Waals surface area contributed by atoms with Crippen molar-refractivity contribution in [2.75, 3.05) is 0 Å². The second-order valence-electron chi connectivity index (χ2n) is 6.19. The molecule has 2 atom stereocenters. The minimum absolute atomic E-state index is 0.0735. The van der Waals surface area contributed by atoms with Gasteiger partial charge in [-0.1, -0.05) is 30.3 Å². The topological polar surface area (TPSA) is 98.5 Å². The molecule has 0 aromatic heterocycles. The molecule has 2 bridgehead atoms. The Hall–Kier alpha value is -1.89. The maximum atomic E-state index is 12.1. The van der Waals surface area contributed by atoms with Crippen molar-refractivity contribution < 1.29 is 18.5 Å². The Morgan fingerprint density at radius 1 is 1.22 bits per heavy atom. The first-order chi connectivity index (χ1) is 11.0. The van der Waals surface area contributed by atoms with Crippen LogP contribution >= 0.6 is 0 Å². The lowest BCUT2D eigenvalue weighted by atomic mass is 9.88. The van der Waals surface area contributed by atoms with Crippen LogP contribution in [0, 0.1) is 0 Å². The molecule has 0 radical (unpaired) electrons. The second-order valence-corrected chi connectivity index (χ2v) is 8.18. The van der Waals surface area contributed by atoms with Crippen LogP contribution in [0.4, 0.5) is 4.79 Å². The van der Waals surface area contributed by atoms with Crippen LogP contribution in [0.1, 0.15) is 31.2 Å². The Balaban J connectivity index is 1.65. The summed E-state index contributed by atoms with van der Waals surface area (Å²) in [6.07, 6.45) is 1.61. The zero-order valence-corrected chi connectivity index (χ0v) is 13.5. The van der Waals surface area contributed by atoms with Gasteiger partial charge in [0.2, 0.25) is 5.91 Å². The quantitative estimate of drug-likeness (QED) is 0.863.